The second-order valence-corrected chi connectivity index (χ2v) is 11.0. The lowest BCUT2D eigenvalue weighted by atomic mass is 10.0. The number of aliphatic carboxylic acids is 1. The van der Waals surface area contributed by atoms with E-state index in [2.05, 4.69) is 23.7 Å². The van der Waals surface area contributed by atoms with Gasteiger partial charge in [0, 0.05) is 43.1 Å². The molecule has 3 atom stereocenters. The fourth-order valence-corrected chi connectivity index (χ4v) is 6.57. The van der Waals surface area contributed by atoms with Gasteiger partial charge in [-0.2, -0.15) is 13.2 Å². The van der Waals surface area contributed by atoms with Crippen LogP contribution in [0.15, 0.2) is 53.0 Å². The summed E-state index contributed by atoms with van der Waals surface area (Å²) in [5.41, 5.74) is 0.785. The number of pyridine rings is 1. The summed E-state index contributed by atoms with van der Waals surface area (Å²) in [5.74, 6) is -0.0230. The number of hydrogen-bond acceptors (Lipinski definition) is 9. The number of piperazine rings is 1. The number of carboxylic acids is 1. The molecule has 0 aliphatic carbocycles. The van der Waals surface area contributed by atoms with E-state index < -0.39 is 23.8 Å². The predicted octanol–water partition coefficient (Wildman–Crippen LogP) is 5.80. The second-order valence-electron chi connectivity index (χ2n) is 10.0. The topological polar surface area (TPSA) is 90.7 Å². The molecule has 9 nitrogen and oxygen atoms in total. The van der Waals surface area contributed by atoms with Gasteiger partial charge in [0.2, 0.25) is 11.8 Å². The lowest BCUT2D eigenvalue weighted by Crippen LogP contribution is -2.61. The molecule has 2 aliphatic rings. The van der Waals surface area contributed by atoms with Gasteiger partial charge in [0.05, 0.1) is 48.5 Å². The van der Waals surface area contributed by atoms with Crippen LogP contribution < -0.4 is 19.3 Å². The fraction of sp³-hybridized carbons (Fsp3) is 0.393. The van der Waals surface area contributed by atoms with Gasteiger partial charge in [-0.1, -0.05) is 0 Å². The first-order valence-corrected chi connectivity index (χ1v) is 13.9. The Hall–Kier alpha value is -4.00. The molecule has 2 aromatic heterocycles. The maximum absolute atomic E-state index is 13.9. The highest BCUT2D eigenvalue weighted by molar-refractivity contribution is 7.10. The third-order valence-electron chi connectivity index (χ3n) is 7.28. The van der Waals surface area contributed by atoms with E-state index in [1.807, 2.05) is 28.5 Å². The number of guanidine groups is 1. The molecule has 0 bridgehead atoms. The number of hydrogen-bond donors (Lipinski definition) is 1. The SMILES string of the molecule is COc1cc(N2C(C)CN(C3=Nc4ccsc4C(CC(=O)O)N3c3cc(C(F)(F)F)ccc3OC)CC2C)ccn1. The van der Waals surface area contributed by atoms with Crippen molar-refractivity contribution in [2.24, 2.45) is 4.99 Å². The molecular weight excluding hydrogens is 559 g/mol. The van der Waals surface area contributed by atoms with E-state index in [4.69, 9.17) is 14.5 Å². The molecule has 4 heterocycles. The van der Waals surface area contributed by atoms with Crippen molar-refractivity contribution < 1.29 is 32.5 Å². The Morgan fingerprint density at radius 3 is 2.46 bits per heavy atom. The van der Waals surface area contributed by atoms with Crippen molar-refractivity contribution >= 4 is 40.3 Å². The smallest absolute Gasteiger partial charge is 0.416 e. The number of aromatic nitrogens is 1. The van der Waals surface area contributed by atoms with Gasteiger partial charge in [-0.3, -0.25) is 9.69 Å². The lowest BCUT2D eigenvalue weighted by molar-refractivity contribution is -0.138. The molecule has 0 saturated carbocycles. The van der Waals surface area contributed by atoms with E-state index in [1.54, 1.807) is 18.2 Å². The zero-order valence-corrected chi connectivity index (χ0v) is 23.7. The van der Waals surface area contributed by atoms with Gasteiger partial charge in [-0.05, 0) is 49.6 Å². The molecule has 0 radical (unpaired) electrons. The number of ether oxygens (including phenoxy) is 2. The summed E-state index contributed by atoms with van der Waals surface area (Å²) in [6.07, 6.45) is -3.26. The van der Waals surface area contributed by atoms with Crippen LogP contribution in [0.3, 0.4) is 0 Å². The van der Waals surface area contributed by atoms with Crippen LogP contribution in [0.25, 0.3) is 0 Å². The summed E-state index contributed by atoms with van der Waals surface area (Å²) >= 11 is 1.33. The summed E-state index contributed by atoms with van der Waals surface area (Å²) in [7, 11) is 2.93. The molecule has 2 aliphatic heterocycles. The van der Waals surface area contributed by atoms with Crippen molar-refractivity contribution in [3.63, 3.8) is 0 Å². The quantitative estimate of drug-likeness (QED) is 0.386. The fourth-order valence-electron chi connectivity index (χ4n) is 5.64. The number of methoxy groups -OCH3 is 2. The molecule has 3 unspecified atom stereocenters. The number of anilines is 2. The maximum atomic E-state index is 13.9. The molecule has 1 aromatic carbocycles. The summed E-state index contributed by atoms with van der Waals surface area (Å²) < 4.78 is 52.4. The predicted molar refractivity (Wildman–Crippen MR) is 151 cm³/mol. The number of nitrogens with zero attached hydrogens (tertiary/aromatic N) is 5. The molecule has 13 heteroatoms. The monoisotopic (exact) mass is 589 g/mol. The minimum Gasteiger partial charge on any atom is -0.495 e. The molecule has 218 valence electrons. The zero-order valence-electron chi connectivity index (χ0n) is 22.9. The third kappa shape index (κ3) is 5.50. The van der Waals surface area contributed by atoms with Gasteiger partial charge in [0.25, 0.3) is 0 Å². The van der Waals surface area contributed by atoms with Gasteiger partial charge < -0.3 is 24.4 Å². The highest BCUT2D eigenvalue weighted by Gasteiger charge is 2.42. The van der Waals surface area contributed by atoms with Crippen LogP contribution in [0.1, 0.15) is 36.8 Å². The largest absolute Gasteiger partial charge is 0.495 e. The Kier molecular flexibility index (Phi) is 7.73. The Labute approximate surface area is 239 Å². The number of carboxylic acid groups (broad SMARTS) is 1. The number of rotatable bonds is 6. The van der Waals surface area contributed by atoms with Gasteiger partial charge in [0.1, 0.15) is 5.75 Å². The van der Waals surface area contributed by atoms with Crippen LogP contribution in [0, 0.1) is 0 Å². The van der Waals surface area contributed by atoms with Crippen LogP contribution in [0.4, 0.5) is 30.2 Å². The van der Waals surface area contributed by atoms with E-state index in [1.165, 1.54) is 24.5 Å². The van der Waals surface area contributed by atoms with Gasteiger partial charge >= 0.3 is 12.1 Å². The molecule has 41 heavy (non-hydrogen) atoms. The first-order chi connectivity index (χ1) is 19.5. The molecule has 1 fully saturated rings. The molecular formula is C28H30F3N5O4S. The third-order valence-corrected chi connectivity index (χ3v) is 8.29. The Balaban J connectivity index is 1.61. The normalized spacial score (nSPS) is 20.9. The van der Waals surface area contributed by atoms with Crippen LogP contribution in [-0.2, 0) is 11.0 Å². The van der Waals surface area contributed by atoms with Crippen molar-refractivity contribution in [3.05, 3.63) is 58.4 Å². The van der Waals surface area contributed by atoms with Crippen LogP contribution in [0.5, 0.6) is 11.6 Å². The number of carbonyl (C=O) groups is 1. The summed E-state index contributed by atoms with van der Waals surface area (Å²) in [4.78, 5) is 27.7. The van der Waals surface area contributed by atoms with Crippen molar-refractivity contribution in [1.82, 2.24) is 9.88 Å². The van der Waals surface area contributed by atoms with E-state index in [0.717, 1.165) is 17.8 Å². The van der Waals surface area contributed by atoms with Crippen molar-refractivity contribution in [2.45, 2.75) is 44.6 Å². The minimum atomic E-state index is -4.61. The number of fused-ring (bicyclic) bond motifs is 1. The molecule has 0 spiro atoms. The van der Waals surface area contributed by atoms with E-state index >= 15 is 0 Å². The summed E-state index contributed by atoms with van der Waals surface area (Å²) in [5, 5.41) is 11.7. The minimum absolute atomic E-state index is 0.0411. The highest BCUT2D eigenvalue weighted by atomic mass is 32.1. The average molecular weight is 590 g/mol. The number of benzene rings is 1. The molecule has 1 N–H and O–H groups in total. The van der Waals surface area contributed by atoms with E-state index in [9.17, 15) is 23.1 Å². The number of alkyl halides is 3. The number of aliphatic imine (C=N–C) groups is 1. The zero-order chi connectivity index (χ0) is 29.5. The summed E-state index contributed by atoms with van der Waals surface area (Å²) in [6.45, 7) is 5.06. The maximum Gasteiger partial charge on any atom is 0.416 e. The van der Waals surface area contributed by atoms with Crippen LogP contribution in [-0.4, -0.2) is 66.3 Å². The number of thiophene rings is 1. The lowest BCUT2D eigenvalue weighted by Gasteiger charge is -2.49. The first-order valence-electron chi connectivity index (χ1n) is 13.0. The van der Waals surface area contributed by atoms with Gasteiger partial charge in [-0.25, -0.2) is 9.98 Å². The first kappa shape index (κ1) is 28.5. The standard InChI is InChI=1S/C28H30F3N5O4S/c1-16-14-34(15-17(2)35(16)19-7-9-32-24(12-19)40-4)27-33-20-8-10-41-26(20)22(13-25(37)38)36(27)21-11-18(28(29,30)31)5-6-23(21)39-3/h5-12,16-17,22H,13-15H2,1-4H3,(H,37,38). The van der Waals surface area contributed by atoms with Gasteiger partial charge in [-0.15, -0.1) is 11.3 Å². The second kappa shape index (κ2) is 11.1. The Bertz CT molecular complexity index is 1450. The molecule has 1 saturated heterocycles. The average Bonchev–Trinajstić information content (AvgIpc) is 3.40. The molecule has 5 rings (SSSR count). The van der Waals surface area contributed by atoms with Crippen LogP contribution >= 0.6 is 11.3 Å². The number of halogens is 3. The molecule has 3 aromatic rings. The molecule has 0 amide bonds. The Morgan fingerprint density at radius 2 is 1.83 bits per heavy atom. The highest BCUT2D eigenvalue weighted by Crippen LogP contribution is 2.47. The van der Waals surface area contributed by atoms with Crippen molar-refractivity contribution in [3.8, 4) is 11.6 Å². The Morgan fingerprint density at radius 1 is 1.10 bits per heavy atom. The van der Waals surface area contributed by atoms with Crippen molar-refractivity contribution in [1.29, 1.82) is 0 Å². The van der Waals surface area contributed by atoms with Gasteiger partial charge in [0.15, 0.2) is 0 Å². The summed E-state index contributed by atoms with van der Waals surface area (Å²) in [6, 6.07) is 7.93. The van der Waals surface area contributed by atoms with Crippen LogP contribution in [0.2, 0.25) is 0 Å². The van der Waals surface area contributed by atoms with E-state index in [0.29, 0.717) is 35.5 Å². The van der Waals surface area contributed by atoms with Crippen molar-refractivity contribution in [2.75, 3.05) is 37.1 Å². The van der Waals surface area contributed by atoms with E-state index in [-0.39, 0.29) is 29.9 Å².